The summed E-state index contributed by atoms with van der Waals surface area (Å²) < 4.78 is 17.7. The highest BCUT2D eigenvalue weighted by Crippen LogP contribution is 2.41. The fraction of sp³-hybridized carbons (Fsp3) is 0.353. The van der Waals surface area contributed by atoms with Crippen molar-refractivity contribution in [1.82, 2.24) is 14.5 Å². The lowest BCUT2D eigenvalue weighted by Crippen LogP contribution is -2.24. The van der Waals surface area contributed by atoms with Crippen LogP contribution in [0.4, 0.5) is 0 Å². The van der Waals surface area contributed by atoms with Gasteiger partial charge in [0.25, 0.3) is 5.56 Å². The molecule has 7 nitrogen and oxygen atoms in total. The predicted octanol–water partition coefficient (Wildman–Crippen LogP) is 2.80. The number of fused-ring (bicyclic) bond motifs is 1. The number of rotatable bonds is 5. The Labute approximate surface area is 148 Å². The van der Waals surface area contributed by atoms with Gasteiger partial charge in [0.15, 0.2) is 11.5 Å². The first-order chi connectivity index (χ1) is 12.0. The molecular weight excluding hydrogens is 342 g/mol. The summed E-state index contributed by atoms with van der Waals surface area (Å²) in [7, 11) is 4.53. The van der Waals surface area contributed by atoms with Crippen molar-refractivity contribution in [3.63, 3.8) is 0 Å². The number of thiazole rings is 1. The van der Waals surface area contributed by atoms with Crippen LogP contribution in [0.5, 0.6) is 17.2 Å². The van der Waals surface area contributed by atoms with Gasteiger partial charge >= 0.3 is 0 Å². The number of ether oxygens (including phenoxy) is 3. The Morgan fingerprint density at radius 3 is 2.44 bits per heavy atom. The van der Waals surface area contributed by atoms with E-state index in [4.69, 9.17) is 14.2 Å². The molecule has 0 aliphatic rings. The minimum Gasteiger partial charge on any atom is -0.493 e. The predicted molar refractivity (Wildman–Crippen MR) is 96.3 cm³/mol. The molecule has 3 rings (SSSR count). The molecule has 2 heterocycles. The van der Waals surface area contributed by atoms with Crippen molar-refractivity contribution in [2.75, 3.05) is 21.3 Å². The van der Waals surface area contributed by atoms with Gasteiger partial charge in [-0.3, -0.25) is 9.36 Å². The van der Waals surface area contributed by atoms with Crippen LogP contribution in [0.15, 0.2) is 22.6 Å². The summed E-state index contributed by atoms with van der Waals surface area (Å²) in [5, 5.41) is 3.30. The van der Waals surface area contributed by atoms with Crippen LogP contribution < -0.4 is 19.8 Å². The van der Waals surface area contributed by atoms with Crippen LogP contribution in [0.25, 0.3) is 10.9 Å². The first kappa shape index (κ1) is 17.2. The van der Waals surface area contributed by atoms with E-state index in [0.29, 0.717) is 28.2 Å². The van der Waals surface area contributed by atoms with E-state index in [2.05, 4.69) is 9.97 Å². The van der Waals surface area contributed by atoms with Crippen molar-refractivity contribution in [1.29, 1.82) is 0 Å². The first-order valence-corrected chi connectivity index (χ1v) is 8.51. The lowest BCUT2D eigenvalue weighted by molar-refractivity contribution is 0.326. The number of nitrogens with zero attached hydrogens (tertiary/aromatic N) is 3. The van der Waals surface area contributed by atoms with Gasteiger partial charge in [-0.15, -0.1) is 11.3 Å². The number of methoxy groups -OCH3 is 3. The molecule has 0 amide bonds. The van der Waals surface area contributed by atoms with E-state index in [9.17, 15) is 4.79 Å². The maximum atomic E-state index is 13.0. The summed E-state index contributed by atoms with van der Waals surface area (Å²) in [6.45, 7) is 3.85. The lowest BCUT2D eigenvalue weighted by Gasteiger charge is -2.16. The molecule has 25 heavy (non-hydrogen) atoms. The Kier molecular flexibility index (Phi) is 4.63. The van der Waals surface area contributed by atoms with Gasteiger partial charge < -0.3 is 14.2 Å². The molecule has 1 aromatic carbocycles. The SMILES string of the molecule is COc1cc2c(=O)n(C(C)c3csc(C)n3)cnc2c(OC)c1OC. The van der Waals surface area contributed by atoms with E-state index < -0.39 is 0 Å². The van der Waals surface area contributed by atoms with Crippen LogP contribution in [0.1, 0.15) is 23.7 Å². The third kappa shape index (κ3) is 2.82. The number of hydrogen-bond acceptors (Lipinski definition) is 7. The third-order valence-corrected chi connectivity index (χ3v) is 4.85. The monoisotopic (exact) mass is 361 g/mol. The normalized spacial score (nSPS) is 12.2. The maximum absolute atomic E-state index is 13.0. The van der Waals surface area contributed by atoms with E-state index >= 15 is 0 Å². The molecule has 3 aromatic rings. The zero-order chi connectivity index (χ0) is 18.1. The maximum Gasteiger partial charge on any atom is 0.262 e. The molecule has 0 N–H and O–H groups in total. The second kappa shape index (κ2) is 6.72. The van der Waals surface area contributed by atoms with Crippen molar-refractivity contribution in [3.05, 3.63) is 38.8 Å². The van der Waals surface area contributed by atoms with Crippen LogP contribution in [0.3, 0.4) is 0 Å². The Bertz CT molecular complexity index is 980. The molecule has 2 aromatic heterocycles. The highest BCUT2D eigenvalue weighted by atomic mass is 32.1. The molecule has 0 aliphatic heterocycles. The zero-order valence-electron chi connectivity index (χ0n) is 14.7. The van der Waals surface area contributed by atoms with Gasteiger partial charge in [0.2, 0.25) is 5.75 Å². The highest BCUT2D eigenvalue weighted by Gasteiger charge is 2.21. The largest absolute Gasteiger partial charge is 0.493 e. The molecule has 8 heteroatoms. The standard InChI is InChI=1S/C17H19N3O4S/c1-9(12-7-25-10(2)19-12)20-8-18-14-11(17(20)21)6-13(22-3)15(23-4)16(14)24-5/h6-9H,1-5H3. The molecule has 0 fully saturated rings. The molecule has 0 radical (unpaired) electrons. The Balaban J connectivity index is 2.25. The minimum absolute atomic E-state index is 0.192. The zero-order valence-corrected chi connectivity index (χ0v) is 15.5. The van der Waals surface area contributed by atoms with Gasteiger partial charge in [-0.2, -0.15) is 0 Å². The van der Waals surface area contributed by atoms with E-state index in [-0.39, 0.29) is 11.6 Å². The molecule has 0 saturated carbocycles. The van der Waals surface area contributed by atoms with Crippen molar-refractivity contribution >= 4 is 22.2 Å². The van der Waals surface area contributed by atoms with Crippen molar-refractivity contribution < 1.29 is 14.2 Å². The molecule has 1 atom stereocenters. The van der Waals surface area contributed by atoms with Crippen molar-refractivity contribution in [3.8, 4) is 17.2 Å². The molecule has 1 unspecified atom stereocenters. The minimum atomic E-state index is -0.228. The van der Waals surface area contributed by atoms with Crippen LogP contribution in [-0.4, -0.2) is 35.9 Å². The summed E-state index contributed by atoms with van der Waals surface area (Å²) in [5.41, 5.74) is 1.07. The lowest BCUT2D eigenvalue weighted by atomic mass is 10.1. The Morgan fingerprint density at radius 2 is 1.88 bits per heavy atom. The molecule has 0 aliphatic carbocycles. The second-order valence-electron chi connectivity index (χ2n) is 5.47. The van der Waals surface area contributed by atoms with Gasteiger partial charge in [0.1, 0.15) is 5.52 Å². The fourth-order valence-corrected chi connectivity index (χ4v) is 3.43. The highest BCUT2D eigenvalue weighted by molar-refractivity contribution is 7.09. The Hall–Kier alpha value is -2.61. The van der Waals surface area contributed by atoms with Gasteiger partial charge in [-0.05, 0) is 19.9 Å². The number of aromatic nitrogens is 3. The molecule has 132 valence electrons. The average molecular weight is 361 g/mol. The second-order valence-corrected chi connectivity index (χ2v) is 6.53. The van der Waals surface area contributed by atoms with Crippen LogP contribution >= 0.6 is 11.3 Å². The van der Waals surface area contributed by atoms with Crippen LogP contribution in [-0.2, 0) is 0 Å². The van der Waals surface area contributed by atoms with E-state index in [1.807, 2.05) is 19.2 Å². The van der Waals surface area contributed by atoms with Gasteiger partial charge in [-0.25, -0.2) is 9.97 Å². The topological polar surface area (TPSA) is 75.5 Å². The smallest absolute Gasteiger partial charge is 0.262 e. The van der Waals surface area contributed by atoms with Gasteiger partial charge in [-0.1, -0.05) is 0 Å². The molecule has 0 saturated heterocycles. The summed E-state index contributed by atoms with van der Waals surface area (Å²) in [6.07, 6.45) is 1.51. The van der Waals surface area contributed by atoms with E-state index in [1.54, 1.807) is 22.0 Å². The molecule has 0 spiro atoms. The molecule has 0 bridgehead atoms. The molecular formula is C17H19N3O4S. The Morgan fingerprint density at radius 1 is 1.16 bits per heavy atom. The summed E-state index contributed by atoms with van der Waals surface area (Å²) in [5.74, 6) is 1.20. The average Bonchev–Trinajstić information content (AvgIpc) is 3.06. The van der Waals surface area contributed by atoms with Gasteiger partial charge in [0.05, 0.1) is 49.8 Å². The quantitative estimate of drug-likeness (QED) is 0.696. The third-order valence-electron chi connectivity index (χ3n) is 4.06. The van der Waals surface area contributed by atoms with E-state index in [0.717, 1.165) is 10.7 Å². The number of benzene rings is 1. The summed E-state index contributed by atoms with van der Waals surface area (Å²) in [4.78, 5) is 21.9. The van der Waals surface area contributed by atoms with Crippen LogP contribution in [0.2, 0.25) is 0 Å². The van der Waals surface area contributed by atoms with Crippen LogP contribution in [0, 0.1) is 6.92 Å². The summed E-state index contributed by atoms with van der Waals surface area (Å²) in [6, 6.07) is 1.40. The fourth-order valence-electron chi connectivity index (χ4n) is 2.73. The number of hydrogen-bond donors (Lipinski definition) is 0. The van der Waals surface area contributed by atoms with E-state index in [1.165, 1.54) is 27.7 Å². The summed E-state index contributed by atoms with van der Waals surface area (Å²) >= 11 is 1.55. The van der Waals surface area contributed by atoms with Gasteiger partial charge in [0, 0.05) is 5.38 Å². The number of aryl methyl sites for hydroxylation is 1. The van der Waals surface area contributed by atoms with Crippen molar-refractivity contribution in [2.45, 2.75) is 19.9 Å². The first-order valence-electron chi connectivity index (χ1n) is 7.63. The van der Waals surface area contributed by atoms with Crippen molar-refractivity contribution in [2.24, 2.45) is 0 Å².